The first kappa shape index (κ1) is 8.14. The van der Waals surface area contributed by atoms with Crippen molar-refractivity contribution in [2.45, 2.75) is 6.92 Å². The first-order valence-corrected chi connectivity index (χ1v) is 3.35. The van der Waals surface area contributed by atoms with E-state index in [2.05, 4.69) is 15.3 Å². The number of hydrogen-bond donors (Lipinski definition) is 1. The van der Waals surface area contributed by atoms with Gasteiger partial charge in [0.05, 0.1) is 0 Å². The molecule has 0 aromatic heterocycles. The molecular formula is C7H8N5+. The summed E-state index contributed by atoms with van der Waals surface area (Å²) in [5.74, 6) is 4.87. The number of benzene rings is 1. The maximum atomic E-state index is 8.61. The van der Waals surface area contributed by atoms with E-state index >= 15 is 0 Å². The Hall–Kier alpha value is -1.96. The Balaban J connectivity index is 3.30. The molecule has 0 bridgehead atoms. The lowest BCUT2D eigenvalue weighted by molar-refractivity contribution is 1.06. The molecule has 0 atom stereocenters. The van der Waals surface area contributed by atoms with Crippen LogP contribution in [0.25, 0.3) is 4.98 Å². The zero-order valence-electron chi connectivity index (χ0n) is 6.60. The molecule has 0 aliphatic rings. The van der Waals surface area contributed by atoms with E-state index in [1.807, 2.05) is 13.0 Å². The number of nitrogens with two attached hydrogens (primary N) is 1. The normalized spacial score (nSPS) is 10.0. The highest BCUT2D eigenvalue weighted by Crippen LogP contribution is 2.30. The van der Waals surface area contributed by atoms with Crippen LogP contribution in [0.4, 0.5) is 11.4 Å². The van der Waals surface area contributed by atoms with Crippen LogP contribution in [0.15, 0.2) is 28.5 Å². The van der Waals surface area contributed by atoms with E-state index in [4.69, 9.17) is 11.2 Å². The van der Waals surface area contributed by atoms with E-state index in [0.29, 0.717) is 11.4 Å². The molecule has 0 spiro atoms. The van der Waals surface area contributed by atoms with Crippen molar-refractivity contribution < 1.29 is 0 Å². The van der Waals surface area contributed by atoms with Crippen LogP contribution in [-0.4, -0.2) is 0 Å². The third-order valence-electron chi connectivity index (χ3n) is 1.48. The van der Waals surface area contributed by atoms with Crippen LogP contribution in [-0.2, 0) is 0 Å². The molecule has 5 heteroatoms. The largest absolute Gasteiger partial charge is 0.415 e. The Bertz CT molecular complexity index is 349. The molecule has 0 fully saturated rings. The van der Waals surface area contributed by atoms with Crippen molar-refractivity contribution >= 4 is 11.4 Å². The number of hydrogen-bond acceptors (Lipinski definition) is 3. The quantitative estimate of drug-likeness (QED) is 0.298. The first-order valence-electron chi connectivity index (χ1n) is 3.35. The molecule has 0 aliphatic carbocycles. The van der Waals surface area contributed by atoms with E-state index in [9.17, 15) is 0 Å². The maximum Gasteiger partial charge on any atom is 0.415 e. The van der Waals surface area contributed by atoms with Crippen molar-refractivity contribution in [2.24, 2.45) is 16.2 Å². The van der Waals surface area contributed by atoms with Gasteiger partial charge in [-0.1, -0.05) is 17.4 Å². The lowest BCUT2D eigenvalue weighted by Gasteiger charge is -1.88. The zero-order chi connectivity index (χ0) is 8.97. The van der Waals surface area contributed by atoms with Crippen molar-refractivity contribution in [3.8, 4) is 0 Å². The summed E-state index contributed by atoms with van der Waals surface area (Å²) < 4.78 is 0. The summed E-state index contributed by atoms with van der Waals surface area (Å²) in [6, 6.07) is 5.26. The number of aryl methyl sites for hydroxylation is 1. The van der Waals surface area contributed by atoms with Crippen LogP contribution >= 0.6 is 0 Å². The topological polar surface area (TPSA) is 78.9 Å². The second kappa shape index (κ2) is 3.44. The van der Waals surface area contributed by atoms with E-state index in [-0.39, 0.29) is 0 Å². The van der Waals surface area contributed by atoms with Crippen LogP contribution < -0.4 is 5.84 Å². The molecule has 2 N–H and O–H groups in total. The summed E-state index contributed by atoms with van der Waals surface area (Å²) in [4.78, 5) is 3.08. The predicted octanol–water partition coefficient (Wildman–Crippen LogP) is 2.44. The highest BCUT2D eigenvalue weighted by atomic mass is 15.3. The van der Waals surface area contributed by atoms with Gasteiger partial charge in [-0.15, -0.1) is 5.11 Å². The Labute approximate surface area is 69.5 Å². The smallest absolute Gasteiger partial charge is 0.305 e. The summed E-state index contributed by atoms with van der Waals surface area (Å²) in [6.07, 6.45) is 0. The van der Waals surface area contributed by atoms with Crippen molar-refractivity contribution in [1.82, 2.24) is 0 Å². The van der Waals surface area contributed by atoms with Crippen LogP contribution in [0.1, 0.15) is 5.56 Å². The molecule has 1 rings (SSSR count). The van der Waals surface area contributed by atoms with Gasteiger partial charge < -0.3 is 5.84 Å². The lowest BCUT2D eigenvalue weighted by atomic mass is 10.2. The Morgan fingerprint density at radius 2 is 2.25 bits per heavy atom. The van der Waals surface area contributed by atoms with Gasteiger partial charge in [0.15, 0.2) is 10.7 Å². The molecule has 0 saturated carbocycles. The van der Waals surface area contributed by atoms with Crippen molar-refractivity contribution in [3.05, 3.63) is 28.7 Å². The number of rotatable bonds is 1. The third-order valence-corrected chi connectivity index (χ3v) is 1.48. The Morgan fingerprint density at radius 3 is 2.83 bits per heavy atom. The standard InChI is InChI=1S/C7H8N5/c1-5-3-2-4-6(11-12-9)7(5)10-8/h2-4H,1H3,(H2,9,11)/q+1. The lowest BCUT2D eigenvalue weighted by Crippen LogP contribution is -1.76. The molecule has 12 heavy (non-hydrogen) atoms. The van der Waals surface area contributed by atoms with Gasteiger partial charge in [-0.05, 0) is 13.0 Å². The highest BCUT2D eigenvalue weighted by molar-refractivity contribution is 5.69. The second-order valence-electron chi connectivity index (χ2n) is 2.26. The number of nitrogens with zero attached hydrogens (tertiary/aromatic N) is 4. The van der Waals surface area contributed by atoms with Gasteiger partial charge in [0.2, 0.25) is 5.39 Å². The molecule has 5 nitrogen and oxygen atoms in total. The molecule has 1 aromatic rings. The van der Waals surface area contributed by atoms with E-state index in [1.54, 1.807) is 12.1 Å². The fourth-order valence-corrected chi connectivity index (χ4v) is 0.916. The minimum atomic E-state index is 0.395. The minimum Gasteiger partial charge on any atom is -0.305 e. The van der Waals surface area contributed by atoms with E-state index in [0.717, 1.165) is 5.56 Å². The molecule has 0 unspecified atom stereocenters. The summed E-state index contributed by atoms with van der Waals surface area (Å²) in [6.45, 7) is 1.81. The zero-order valence-corrected chi connectivity index (χ0v) is 6.60. The average Bonchev–Trinajstić information content (AvgIpc) is 2.05. The summed E-state index contributed by atoms with van der Waals surface area (Å²) in [5.41, 5.74) is 1.68. The fourth-order valence-electron chi connectivity index (χ4n) is 0.916. The van der Waals surface area contributed by atoms with Gasteiger partial charge >= 0.3 is 5.69 Å². The van der Waals surface area contributed by atoms with E-state index < -0.39 is 0 Å². The SMILES string of the molecule is Cc1cccc(N=NN)c1[N+]#N. The fraction of sp³-hybridized carbons (Fsp3) is 0.143. The third kappa shape index (κ3) is 1.37. The van der Waals surface area contributed by atoms with Gasteiger partial charge in [-0.25, -0.2) is 0 Å². The summed E-state index contributed by atoms with van der Waals surface area (Å²) in [7, 11) is 0. The molecule has 0 saturated heterocycles. The number of diazo groups is 1. The molecule has 60 valence electrons. The van der Waals surface area contributed by atoms with Gasteiger partial charge in [-0.3, -0.25) is 0 Å². The Kier molecular flexibility index (Phi) is 2.33. The summed E-state index contributed by atoms with van der Waals surface area (Å²) >= 11 is 0. The maximum absolute atomic E-state index is 8.61. The second-order valence-corrected chi connectivity index (χ2v) is 2.26. The molecule has 0 heterocycles. The van der Waals surface area contributed by atoms with E-state index in [1.165, 1.54) is 0 Å². The van der Waals surface area contributed by atoms with Crippen LogP contribution in [0.3, 0.4) is 0 Å². The van der Waals surface area contributed by atoms with Crippen LogP contribution in [0.2, 0.25) is 0 Å². The van der Waals surface area contributed by atoms with Gasteiger partial charge in [0.1, 0.15) is 0 Å². The van der Waals surface area contributed by atoms with Crippen LogP contribution in [0.5, 0.6) is 0 Å². The van der Waals surface area contributed by atoms with Crippen LogP contribution in [0, 0.1) is 12.3 Å². The molecule has 0 amide bonds. The van der Waals surface area contributed by atoms with Gasteiger partial charge in [-0.2, -0.15) is 0 Å². The monoisotopic (exact) mass is 162 g/mol. The van der Waals surface area contributed by atoms with Crippen molar-refractivity contribution in [1.29, 1.82) is 5.39 Å². The first-order chi connectivity index (χ1) is 5.79. The average molecular weight is 162 g/mol. The highest BCUT2D eigenvalue weighted by Gasteiger charge is 2.16. The van der Waals surface area contributed by atoms with Gasteiger partial charge in [0, 0.05) is 5.56 Å². The molecule has 0 aliphatic heterocycles. The van der Waals surface area contributed by atoms with Crippen molar-refractivity contribution in [2.75, 3.05) is 0 Å². The predicted molar refractivity (Wildman–Crippen MR) is 44.6 cm³/mol. The Morgan fingerprint density at radius 1 is 1.50 bits per heavy atom. The summed E-state index contributed by atoms with van der Waals surface area (Å²) in [5, 5.41) is 15.3. The van der Waals surface area contributed by atoms with Crippen molar-refractivity contribution in [3.63, 3.8) is 0 Å². The minimum absolute atomic E-state index is 0.395. The molecule has 1 aromatic carbocycles. The molecular weight excluding hydrogens is 154 g/mol. The molecule has 0 radical (unpaired) electrons. The van der Waals surface area contributed by atoms with Gasteiger partial charge in [0.25, 0.3) is 0 Å².